The fourth-order valence-corrected chi connectivity index (χ4v) is 3.89. The van der Waals surface area contributed by atoms with Gasteiger partial charge in [-0.1, -0.05) is 17.7 Å². The molecule has 0 saturated heterocycles. The van der Waals surface area contributed by atoms with Crippen LogP contribution in [0, 0.1) is 0 Å². The average Bonchev–Trinajstić information content (AvgIpc) is 3.14. The fraction of sp³-hybridized carbons (Fsp3) is 0.381. The minimum absolute atomic E-state index is 0.204. The second kappa shape index (κ2) is 8.71. The molecule has 0 unspecified atom stereocenters. The van der Waals surface area contributed by atoms with E-state index in [9.17, 15) is 0 Å². The van der Waals surface area contributed by atoms with Crippen LogP contribution < -0.4 is 10.1 Å². The quantitative estimate of drug-likeness (QED) is 0.677. The lowest BCUT2D eigenvalue weighted by Gasteiger charge is -2.28. The van der Waals surface area contributed by atoms with Crippen LogP contribution in [-0.4, -0.2) is 32.9 Å². The van der Waals surface area contributed by atoms with Gasteiger partial charge in [-0.3, -0.25) is 4.57 Å². The molecular formula is C21H24ClN5O. The van der Waals surface area contributed by atoms with Gasteiger partial charge in [0.2, 0.25) is 5.88 Å². The Morgan fingerprint density at radius 1 is 1.07 bits per heavy atom. The molecule has 28 heavy (non-hydrogen) atoms. The van der Waals surface area contributed by atoms with Crippen molar-refractivity contribution in [2.24, 2.45) is 0 Å². The largest absolute Gasteiger partial charge is 0.474 e. The van der Waals surface area contributed by atoms with Crippen molar-refractivity contribution in [3.8, 4) is 11.6 Å². The molecule has 1 N–H and O–H groups in total. The normalized spacial score (nSPS) is 19.5. The van der Waals surface area contributed by atoms with E-state index in [2.05, 4.69) is 25.1 Å². The zero-order chi connectivity index (χ0) is 19.3. The van der Waals surface area contributed by atoms with Crippen LogP contribution in [0.15, 0.2) is 48.7 Å². The first kappa shape index (κ1) is 18.9. The lowest BCUT2D eigenvalue weighted by atomic mass is 9.86. The van der Waals surface area contributed by atoms with Gasteiger partial charge in [0.25, 0.3) is 0 Å². The van der Waals surface area contributed by atoms with Crippen LogP contribution in [0.3, 0.4) is 0 Å². The topological polar surface area (TPSA) is 64.9 Å². The molecule has 0 aliphatic heterocycles. The number of ether oxygens (including phenoxy) is 1. The number of nitrogens with one attached hydrogen (secondary N) is 1. The maximum absolute atomic E-state index is 6.07. The van der Waals surface area contributed by atoms with Crippen LogP contribution in [0.25, 0.3) is 5.69 Å². The summed E-state index contributed by atoms with van der Waals surface area (Å²) >= 11 is 6.07. The highest BCUT2D eigenvalue weighted by Gasteiger charge is 2.28. The number of rotatable bonds is 6. The van der Waals surface area contributed by atoms with E-state index in [0.29, 0.717) is 18.3 Å². The van der Waals surface area contributed by atoms with Crippen molar-refractivity contribution in [2.75, 3.05) is 7.05 Å². The van der Waals surface area contributed by atoms with E-state index in [-0.39, 0.29) is 6.10 Å². The molecule has 2 heterocycles. The Labute approximate surface area is 169 Å². The van der Waals surface area contributed by atoms with Gasteiger partial charge in [0.1, 0.15) is 11.9 Å². The maximum atomic E-state index is 6.07. The molecule has 4 rings (SSSR count). The van der Waals surface area contributed by atoms with Crippen LogP contribution in [-0.2, 0) is 6.54 Å². The van der Waals surface area contributed by atoms with Crippen LogP contribution in [0.2, 0.25) is 5.02 Å². The molecule has 0 atom stereocenters. The van der Waals surface area contributed by atoms with Gasteiger partial charge in [-0.2, -0.15) is 0 Å². The van der Waals surface area contributed by atoms with Gasteiger partial charge < -0.3 is 10.1 Å². The van der Waals surface area contributed by atoms with Gasteiger partial charge in [0, 0.05) is 28.9 Å². The van der Waals surface area contributed by atoms with Crippen molar-refractivity contribution < 1.29 is 4.74 Å². The summed E-state index contributed by atoms with van der Waals surface area (Å²) in [5.41, 5.74) is 1.04. The molecule has 7 heteroatoms. The second-order valence-corrected chi connectivity index (χ2v) is 7.51. The van der Waals surface area contributed by atoms with E-state index in [1.165, 1.54) is 0 Å². The van der Waals surface area contributed by atoms with Crippen molar-refractivity contribution >= 4 is 11.6 Å². The van der Waals surface area contributed by atoms with Gasteiger partial charge in [-0.15, -0.1) is 10.2 Å². The molecule has 6 nitrogen and oxygen atoms in total. The summed E-state index contributed by atoms with van der Waals surface area (Å²) in [7, 11) is 1.92. The predicted molar refractivity (Wildman–Crippen MR) is 109 cm³/mol. The number of pyridine rings is 1. The first-order valence-electron chi connectivity index (χ1n) is 9.67. The van der Waals surface area contributed by atoms with Crippen molar-refractivity contribution in [3.05, 3.63) is 65.3 Å². The van der Waals surface area contributed by atoms with Crippen molar-refractivity contribution in [1.29, 1.82) is 0 Å². The Morgan fingerprint density at radius 3 is 2.54 bits per heavy atom. The zero-order valence-electron chi connectivity index (χ0n) is 15.9. The molecule has 1 fully saturated rings. The second-order valence-electron chi connectivity index (χ2n) is 7.08. The lowest BCUT2D eigenvalue weighted by Crippen LogP contribution is -2.25. The summed E-state index contributed by atoms with van der Waals surface area (Å²) in [6.07, 6.45) is 5.96. The molecule has 2 aromatic heterocycles. The lowest BCUT2D eigenvalue weighted by molar-refractivity contribution is 0.139. The Kier molecular flexibility index (Phi) is 5.88. The molecule has 146 valence electrons. The Bertz CT molecular complexity index is 889. The Balaban J connectivity index is 1.51. The highest BCUT2D eigenvalue weighted by Crippen LogP contribution is 2.35. The smallest absolute Gasteiger partial charge is 0.213 e. The summed E-state index contributed by atoms with van der Waals surface area (Å²) < 4.78 is 8.20. The van der Waals surface area contributed by atoms with E-state index in [0.717, 1.165) is 48.0 Å². The van der Waals surface area contributed by atoms with E-state index in [1.54, 1.807) is 6.20 Å². The van der Waals surface area contributed by atoms with Gasteiger partial charge in [0.05, 0.1) is 6.54 Å². The number of hydrogen-bond acceptors (Lipinski definition) is 5. The van der Waals surface area contributed by atoms with E-state index in [1.807, 2.05) is 49.5 Å². The molecule has 1 aromatic carbocycles. The van der Waals surface area contributed by atoms with E-state index >= 15 is 0 Å². The predicted octanol–water partition coefficient (Wildman–Crippen LogP) is 4.14. The van der Waals surface area contributed by atoms with Gasteiger partial charge in [0.15, 0.2) is 5.82 Å². The zero-order valence-corrected chi connectivity index (χ0v) is 16.6. The van der Waals surface area contributed by atoms with Crippen molar-refractivity contribution in [1.82, 2.24) is 25.1 Å². The van der Waals surface area contributed by atoms with Gasteiger partial charge in [-0.05, 0) is 63.1 Å². The number of benzene rings is 1. The molecule has 3 aromatic rings. The molecule has 0 bridgehead atoms. The minimum Gasteiger partial charge on any atom is -0.474 e. The molecule has 1 aliphatic rings. The van der Waals surface area contributed by atoms with Gasteiger partial charge in [-0.25, -0.2) is 4.98 Å². The van der Waals surface area contributed by atoms with Crippen molar-refractivity contribution in [2.45, 2.75) is 44.2 Å². The standard InChI is InChI=1S/C21H24ClN5O/c1-23-14-19-25-26-21(27(19)17-9-7-16(22)8-10-17)15-5-11-18(12-6-15)28-20-4-2-3-13-24-20/h2-4,7-10,13,15,18,23H,5-6,11-12,14H2,1H3. The summed E-state index contributed by atoms with van der Waals surface area (Å²) in [5.74, 6) is 2.99. The average molecular weight is 398 g/mol. The highest BCUT2D eigenvalue weighted by atomic mass is 35.5. The van der Waals surface area contributed by atoms with Crippen LogP contribution in [0.5, 0.6) is 5.88 Å². The summed E-state index contributed by atoms with van der Waals surface area (Å²) in [5, 5.41) is 12.9. The molecule has 1 saturated carbocycles. The third-order valence-corrected chi connectivity index (χ3v) is 5.39. The molecule has 0 spiro atoms. The highest BCUT2D eigenvalue weighted by molar-refractivity contribution is 6.30. The molecule has 1 aliphatic carbocycles. The summed E-state index contributed by atoms with van der Waals surface area (Å²) in [6.45, 7) is 0.660. The number of hydrogen-bond donors (Lipinski definition) is 1. The third-order valence-electron chi connectivity index (χ3n) is 5.14. The number of aromatic nitrogens is 4. The Hall–Kier alpha value is -2.44. The summed E-state index contributed by atoms with van der Waals surface area (Å²) in [4.78, 5) is 4.27. The first-order valence-corrected chi connectivity index (χ1v) is 10.0. The van der Waals surface area contributed by atoms with Crippen LogP contribution in [0.4, 0.5) is 0 Å². The van der Waals surface area contributed by atoms with Crippen LogP contribution in [0.1, 0.15) is 43.3 Å². The monoisotopic (exact) mass is 397 g/mol. The minimum atomic E-state index is 0.204. The van der Waals surface area contributed by atoms with Gasteiger partial charge >= 0.3 is 0 Å². The van der Waals surface area contributed by atoms with Crippen molar-refractivity contribution in [3.63, 3.8) is 0 Å². The van der Waals surface area contributed by atoms with E-state index < -0.39 is 0 Å². The Morgan fingerprint density at radius 2 is 1.86 bits per heavy atom. The molecular weight excluding hydrogens is 374 g/mol. The van der Waals surface area contributed by atoms with Crippen LogP contribution >= 0.6 is 11.6 Å². The fourth-order valence-electron chi connectivity index (χ4n) is 3.77. The third kappa shape index (κ3) is 4.18. The SMILES string of the molecule is CNCc1nnc(C2CCC(Oc3ccccn3)CC2)n1-c1ccc(Cl)cc1. The summed E-state index contributed by atoms with van der Waals surface area (Å²) in [6, 6.07) is 13.6. The number of nitrogens with zero attached hydrogens (tertiary/aromatic N) is 4. The number of halogens is 1. The van der Waals surface area contributed by atoms with E-state index in [4.69, 9.17) is 16.3 Å². The molecule has 0 radical (unpaired) electrons. The maximum Gasteiger partial charge on any atom is 0.213 e. The molecule has 0 amide bonds. The first-order chi connectivity index (χ1) is 13.7.